The van der Waals surface area contributed by atoms with Gasteiger partial charge in [0.2, 0.25) is 0 Å². The normalized spacial score (nSPS) is 15.6. The summed E-state index contributed by atoms with van der Waals surface area (Å²) in [6.45, 7) is 0. The van der Waals surface area contributed by atoms with Gasteiger partial charge in [-0.2, -0.15) is 0 Å². The minimum absolute atomic E-state index is 0.124. The first kappa shape index (κ1) is 32.3. The fraction of sp³-hybridized carbons (Fsp3) is 0.0370. The molecule has 3 heteroatoms. The van der Waals surface area contributed by atoms with Crippen LogP contribution in [0.25, 0.3) is 58.9 Å². The van der Waals surface area contributed by atoms with Crippen LogP contribution in [0.15, 0.2) is 200 Å². The Balaban J connectivity index is 1.09. The summed E-state index contributed by atoms with van der Waals surface area (Å²) in [5.41, 5.74) is 12.5. The molecule has 2 unspecified atom stereocenters. The highest BCUT2D eigenvalue weighted by Crippen LogP contribution is 2.55. The van der Waals surface area contributed by atoms with Gasteiger partial charge in [0.1, 0.15) is 0 Å². The van der Waals surface area contributed by atoms with E-state index in [1.807, 2.05) is 11.3 Å². The van der Waals surface area contributed by atoms with Gasteiger partial charge in [0.05, 0.1) is 11.7 Å². The van der Waals surface area contributed by atoms with Crippen LogP contribution in [0, 0.1) is 0 Å². The SMILES string of the molecule is C1=CC2C(c3ccccc31)c1cc(N(c3ccccc3)c3cccc4sc5c6ccccc6ccc5c34)ccc1N2c1ccc(-c2ccccc2)c2ccccc12. The highest BCUT2D eigenvalue weighted by molar-refractivity contribution is 7.26. The van der Waals surface area contributed by atoms with Crippen molar-refractivity contribution in [2.75, 3.05) is 9.80 Å². The van der Waals surface area contributed by atoms with Gasteiger partial charge in [-0.25, -0.2) is 0 Å². The van der Waals surface area contributed by atoms with Crippen LogP contribution in [0.3, 0.4) is 0 Å². The maximum Gasteiger partial charge on any atom is 0.0636 e. The molecule has 1 aliphatic heterocycles. The van der Waals surface area contributed by atoms with Gasteiger partial charge in [-0.15, -0.1) is 11.3 Å². The zero-order valence-electron chi connectivity index (χ0n) is 31.1. The topological polar surface area (TPSA) is 6.48 Å². The Bertz CT molecular complexity index is 3220. The number of nitrogens with zero attached hydrogens (tertiary/aromatic N) is 2. The average Bonchev–Trinajstić information content (AvgIpc) is 3.83. The van der Waals surface area contributed by atoms with E-state index in [9.17, 15) is 0 Å². The molecule has 1 aromatic heterocycles. The highest BCUT2D eigenvalue weighted by Gasteiger charge is 2.42. The van der Waals surface area contributed by atoms with E-state index in [0.717, 1.165) is 11.4 Å². The monoisotopic (exact) mass is 744 g/mol. The van der Waals surface area contributed by atoms with Crippen LogP contribution in [-0.4, -0.2) is 6.04 Å². The molecule has 0 amide bonds. The van der Waals surface area contributed by atoms with E-state index < -0.39 is 0 Å². The van der Waals surface area contributed by atoms with Crippen LogP contribution in [0.2, 0.25) is 0 Å². The fourth-order valence-electron chi connectivity index (χ4n) is 9.72. The van der Waals surface area contributed by atoms with Gasteiger partial charge < -0.3 is 9.80 Å². The lowest BCUT2D eigenvalue weighted by molar-refractivity contribution is 0.726. The van der Waals surface area contributed by atoms with Crippen LogP contribution in [0.1, 0.15) is 22.6 Å². The summed E-state index contributed by atoms with van der Waals surface area (Å²) in [6.07, 6.45) is 4.77. The van der Waals surface area contributed by atoms with Crippen molar-refractivity contribution < 1.29 is 0 Å². The third-order valence-electron chi connectivity index (χ3n) is 12.2. The zero-order chi connectivity index (χ0) is 37.5. The molecule has 9 aromatic carbocycles. The minimum Gasteiger partial charge on any atom is -0.333 e. The van der Waals surface area contributed by atoms with Crippen LogP contribution in [-0.2, 0) is 0 Å². The second-order valence-electron chi connectivity index (χ2n) is 15.2. The van der Waals surface area contributed by atoms with Gasteiger partial charge in [0.25, 0.3) is 0 Å². The van der Waals surface area contributed by atoms with Gasteiger partial charge in [0.15, 0.2) is 0 Å². The lowest BCUT2D eigenvalue weighted by Gasteiger charge is -2.32. The van der Waals surface area contributed by atoms with Crippen molar-refractivity contribution in [2.24, 2.45) is 0 Å². The zero-order valence-corrected chi connectivity index (χ0v) is 31.9. The summed E-state index contributed by atoms with van der Waals surface area (Å²) in [5.74, 6) is 0.162. The summed E-state index contributed by atoms with van der Waals surface area (Å²) < 4.78 is 2.64. The molecule has 10 aromatic rings. The predicted octanol–water partition coefficient (Wildman–Crippen LogP) is 15.2. The van der Waals surface area contributed by atoms with Gasteiger partial charge in [-0.3, -0.25) is 0 Å². The number of fused-ring (bicyclic) bond motifs is 11. The molecule has 57 heavy (non-hydrogen) atoms. The van der Waals surface area contributed by atoms with Crippen molar-refractivity contribution in [1.29, 1.82) is 0 Å². The molecule has 0 fully saturated rings. The standard InChI is InChI=1S/C54H36N2S/c1-3-14-35(15-4-1)40-30-33-47(44-23-12-11-22-43(40)44)56-48-32-28-39(34-46(48)52-41-20-9-7-16-36(41)27-31-50(52)56)55(38-18-5-2-6-19-38)49-24-13-25-51-53(49)45-29-26-37-17-8-10-21-42(37)54(45)57-51/h1-34,50,52H. The first-order valence-electron chi connectivity index (χ1n) is 19.8. The Morgan fingerprint density at radius 2 is 1.23 bits per heavy atom. The number of benzene rings is 9. The number of para-hydroxylation sites is 1. The molecule has 2 aliphatic rings. The lowest BCUT2D eigenvalue weighted by atomic mass is 9.81. The van der Waals surface area contributed by atoms with E-state index in [0.29, 0.717) is 0 Å². The average molecular weight is 745 g/mol. The van der Waals surface area contributed by atoms with Crippen LogP contribution < -0.4 is 9.80 Å². The first-order chi connectivity index (χ1) is 28.3. The Labute approximate surface area is 335 Å². The maximum atomic E-state index is 2.61. The molecule has 0 saturated carbocycles. The van der Waals surface area contributed by atoms with E-state index in [-0.39, 0.29) is 12.0 Å². The van der Waals surface area contributed by atoms with E-state index in [1.165, 1.54) is 86.6 Å². The molecule has 2 nitrogen and oxygen atoms in total. The molecule has 268 valence electrons. The van der Waals surface area contributed by atoms with Crippen molar-refractivity contribution in [3.8, 4) is 11.1 Å². The summed E-state index contributed by atoms with van der Waals surface area (Å²) in [7, 11) is 0. The number of thiophene rings is 1. The fourth-order valence-corrected chi connectivity index (χ4v) is 11.0. The van der Waals surface area contributed by atoms with Crippen LogP contribution in [0.5, 0.6) is 0 Å². The Morgan fingerprint density at radius 3 is 2.11 bits per heavy atom. The van der Waals surface area contributed by atoms with E-state index in [1.54, 1.807) is 0 Å². The quantitative estimate of drug-likeness (QED) is 0.173. The van der Waals surface area contributed by atoms with E-state index in [4.69, 9.17) is 0 Å². The van der Waals surface area contributed by atoms with Crippen molar-refractivity contribution in [2.45, 2.75) is 12.0 Å². The number of hydrogen-bond acceptors (Lipinski definition) is 3. The minimum atomic E-state index is 0.124. The first-order valence-corrected chi connectivity index (χ1v) is 20.6. The Kier molecular flexibility index (Phi) is 7.26. The van der Waals surface area contributed by atoms with Gasteiger partial charge in [-0.05, 0) is 92.5 Å². The summed E-state index contributed by atoms with van der Waals surface area (Å²) in [5, 5.41) is 7.71. The Hall–Kier alpha value is -6.94. The second kappa shape index (κ2) is 12.8. The molecular formula is C54H36N2S. The molecular weight excluding hydrogens is 709 g/mol. The molecule has 0 radical (unpaired) electrons. The van der Waals surface area contributed by atoms with E-state index in [2.05, 4.69) is 216 Å². The van der Waals surface area contributed by atoms with Crippen LogP contribution >= 0.6 is 11.3 Å². The van der Waals surface area contributed by atoms with Crippen LogP contribution in [0.4, 0.5) is 28.4 Å². The van der Waals surface area contributed by atoms with Gasteiger partial charge in [0, 0.05) is 54.2 Å². The number of rotatable bonds is 5. The van der Waals surface area contributed by atoms with Gasteiger partial charge in [-0.1, -0.05) is 158 Å². The highest BCUT2D eigenvalue weighted by atomic mass is 32.1. The molecule has 2 heterocycles. The number of anilines is 5. The van der Waals surface area contributed by atoms with Crippen molar-refractivity contribution in [3.05, 3.63) is 217 Å². The van der Waals surface area contributed by atoms with Gasteiger partial charge >= 0.3 is 0 Å². The molecule has 0 N–H and O–H groups in total. The van der Waals surface area contributed by atoms with E-state index >= 15 is 0 Å². The second-order valence-corrected chi connectivity index (χ2v) is 16.3. The summed E-state index contributed by atoms with van der Waals surface area (Å²) >= 11 is 1.90. The predicted molar refractivity (Wildman–Crippen MR) is 244 cm³/mol. The summed E-state index contributed by atoms with van der Waals surface area (Å²) in [4.78, 5) is 5.09. The third kappa shape index (κ3) is 4.96. The molecule has 0 bridgehead atoms. The third-order valence-corrected chi connectivity index (χ3v) is 13.4. The Morgan fingerprint density at radius 1 is 0.491 bits per heavy atom. The largest absolute Gasteiger partial charge is 0.333 e. The maximum absolute atomic E-state index is 2.61. The lowest BCUT2D eigenvalue weighted by Crippen LogP contribution is -2.30. The molecule has 2 atom stereocenters. The molecule has 1 aliphatic carbocycles. The molecule has 0 saturated heterocycles. The molecule has 12 rings (SSSR count). The van der Waals surface area contributed by atoms with Crippen molar-refractivity contribution in [1.82, 2.24) is 0 Å². The number of hydrogen-bond donors (Lipinski definition) is 0. The molecule has 0 spiro atoms. The van der Waals surface area contributed by atoms with Crippen molar-refractivity contribution in [3.63, 3.8) is 0 Å². The van der Waals surface area contributed by atoms with Crippen molar-refractivity contribution >= 4 is 87.6 Å². The summed E-state index contributed by atoms with van der Waals surface area (Å²) in [6, 6.07) is 71.7. The smallest absolute Gasteiger partial charge is 0.0636 e.